The number of rotatable bonds is 3. The van der Waals surface area contributed by atoms with Gasteiger partial charge in [-0.25, -0.2) is 18.0 Å². The maximum Gasteiger partial charge on any atom is 0.337 e. The number of methoxy groups -OCH3 is 1. The molecule has 0 fully saturated rings. The number of carbonyl (C=O) groups is 1. The van der Waals surface area contributed by atoms with Gasteiger partial charge in [-0.15, -0.1) is 24.8 Å². The van der Waals surface area contributed by atoms with Crippen LogP contribution in [0.1, 0.15) is 21.6 Å². The number of carbonyl (C=O) groups excluding carboxylic acids is 1. The van der Waals surface area contributed by atoms with E-state index in [1.165, 1.54) is 25.4 Å². The van der Waals surface area contributed by atoms with Crippen molar-refractivity contribution in [1.29, 1.82) is 0 Å². The number of hydrogen-bond donors (Lipinski definition) is 0. The molecule has 0 unspecified atom stereocenters. The third-order valence-corrected chi connectivity index (χ3v) is 2.67. The van der Waals surface area contributed by atoms with Crippen LogP contribution < -0.4 is 0 Å². The molecule has 22 heavy (non-hydrogen) atoms. The second kappa shape index (κ2) is 8.60. The lowest BCUT2D eigenvalue weighted by molar-refractivity contribution is 0.0600. The van der Waals surface area contributed by atoms with Crippen molar-refractivity contribution in [1.82, 2.24) is 4.98 Å². The Morgan fingerprint density at radius 3 is 2.27 bits per heavy atom. The highest BCUT2D eigenvalue weighted by atomic mass is 35.5. The molecule has 0 aliphatic heterocycles. The summed E-state index contributed by atoms with van der Waals surface area (Å²) >= 11 is 0. The van der Waals surface area contributed by atoms with Gasteiger partial charge in [0.2, 0.25) is 0 Å². The first kappa shape index (κ1) is 20.2. The number of nitrogens with zero attached hydrogens (tertiary/aromatic N) is 1. The zero-order valence-electron chi connectivity index (χ0n) is 11.3. The standard InChI is InChI=1S/C14H10F3NO2.2ClH/c1-20-14(19)9-2-3-18-10(7-9)4-8-5-11(15)13(17)12(16)6-8;;/h2-3,5-7H,4H2,1H3;2*1H. The van der Waals surface area contributed by atoms with Crippen LogP contribution in [0, 0.1) is 17.5 Å². The predicted molar refractivity (Wildman–Crippen MR) is 79.2 cm³/mol. The van der Waals surface area contributed by atoms with Crippen molar-refractivity contribution in [2.75, 3.05) is 7.11 Å². The summed E-state index contributed by atoms with van der Waals surface area (Å²) in [6.07, 6.45) is 1.46. The summed E-state index contributed by atoms with van der Waals surface area (Å²) in [5.74, 6) is -4.57. The second-order valence-corrected chi connectivity index (χ2v) is 4.08. The van der Waals surface area contributed by atoms with Gasteiger partial charge in [0.25, 0.3) is 0 Å². The van der Waals surface area contributed by atoms with Crippen molar-refractivity contribution >= 4 is 30.8 Å². The molecule has 0 spiro atoms. The van der Waals surface area contributed by atoms with Gasteiger partial charge in [0.15, 0.2) is 17.5 Å². The maximum atomic E-state index is 13.1. The molecule has 0 saturated heterocycles. The average molecular weight is 354 g/mol. The number of benzene rings is 1. The molecule has 0 aliphatic carbocycles. The van der Waals surface area contributed by atoms with Crippen LogP contribution in [0.2, 0.25) is 0 Å². The van der Waals surface area contributed by atoms with Crippen LogP contribution in [0.25, 0.3) is 0 Å². The van der Waals surface area contributed by atoms with Crippen LogP contribution in [0.5, 0.6) is 0 Å². The maximum absolute atomic E-state index is 13.1. The van der Waals surface area contributed by atoms with Gasteiger partial charge in [-0.2, -0.15) is 0 Å². The topological polar surface area (TPSA) is 39.2 Å². The molecule has 0 aliphatic rings. The molecule has 2 aromatic rings. The number of esters is 1. The number of hydrogen-bond acceptors (Lipinski definition) is 3. The van der Waals surface area contributed by atoms with E-state index < -0.39 is 23.4 Å². The molecule has 2 rings (SSSR count). The number of ether oxygens (including phenoxy) is 1. The summed E-state index contributed by atoms with van der Waals surface area (Å²) in [7, 11) is 1.24. The second-order valence-electron chi connectivity index (χ2n) is 4.08. The Labute approximate surface area is 137 Å². The molecule has 1 aromatic carbocycles. The van der Waals surface area contributed by atoms with Crippen molar-refractivity contribution in [2.45, 2.75) is 6.42 Å². The van der Waals surface area contributed by atoms with Crippen LogP contribution in [0.3, 0.4) is 0 Å². The quantitative estimate of drug-likeness (QED) is 0.623. The highest BCUT2D eigenvalue weighted by Gasteiger charge is 2.12. The minimum absolute atomic E-state index is 0. The van der Waals surface area contributed by atoms with E-state index in [0.717, 1.165) is 12.1 Å². The number of pyridine rings is 1. The van der Waals surface area contributed by atoms with Crippen LogP contribution in [-0.2, 0) is 11.2 Å². The van der Waals surface area contributed by atoms with E-state index in [9.17, 15) is 18.0 Å². The SMILES string of the molecule is COC(=O)c1ccnc(Cc2cc(F)c(F)c(F)c2)c1.Cl.Cl. The van der Waals surface area contributed by atoms with E-state index in [2.05, 4.69) is 9.72 Å². The zero-order chi connectivity index (χ0) is 14.7. The van der Waals surface area contributed by atoms with Gasteiger partial charge in [-0.05, 0) is 29.8 Å². The van der Waals surface area contributed by atoms with E-state index in [4.69, 9.17) is 0 Å². The van der Waals surface area contributed by atoms with E-state index in [-0.39, 0.29) is 42.4 Å². The van der Waals surface area contributed by atoms with Crippen molar-refractivity contribution in [2.24, 2.45) is 0 Å². The van der Waals surface area contributed by atoms with E-state index in [1.54, 1.807) is 0 Å². The molecule has 120 valence electrons. The van der Waals surface area contributed by atoms with Crippen LogP contribution in [0.15, 0.2) is 30.5 Å². The molecule has 0 bridgehead atoms. The first-order valence-electron chi connectivity index (χ1n) is 5.68. The minimum atomic E-state index is -1.51. The molecule has 0 radical (unpaired) electrons. The van der Waals surface area contributed by atoms with Gasteiger partial charge >= 0.3 is 5.97 Å². The summed E-state index contributed by atoms with van der Waals surface area (Å²) in [6, 6.07) is 4.70. The van der Waals surface area contributed by atoms with E-state index >= 15 is 0 Å². The normalized spacial score (nSPS) is 9.45. The number of aromatic nitrogens is 1. The van der Waals surface area contributed by atoms with Gasteiger partial charge < -0.3 is 4.74 Å². The van der Waals surface area contributed by atoms with Crippen LogP contribution >= 0.6 is 24.8 Å². The lowest BCUT2D eigenvalue weighted by Gasteiger charge is -2.05. The average Bonchev–Trinajstić information content (AvgIpc) is 2.44. The van der Waals surface area contributed by atoms with Crippen molar-refractivity contribution in [3.05, 3.63) is 64.7 Å². The Morgan fingerprint density at radius 1 is 1.14 bits per heavy atom. The van der Waals surface area contributed by atoms with Gasteiger partial charge in [-0.1, -0.05) is 0 Å². The first-order valence-corrected chi connectivity index (χ1v) is 5.68. The Bertz CT molecular complexity index is 645. The molecule has 1 aromatic heterocycles. The van der Waals surface area contributed by atoms with Gasteiger partial charge in [-0.3, -0.25) is 4.98 Å². The molecular formula is C14H12Cl2F3NO2. The predicted octanol–water partition coefficient (Wildman–Crippen LogP) is 3.72. The summed E-state index contributed by atoms with van der Waals surface area (Å²) in [5, 5.41) is 0. The van der Waals surface area contributed by atoms with Gasteiger partial charge in [0.1, 0.15) is 0 Å². The van der Waals surface area contributed by atoms with Crippen molar-refractivity contribution < 1.29 is 22.7 Å². The summed E-state index contributed by atoms with van der Waals surface area (Å²) in [6.45, 7) is 0. The van der Waals surface area contributed by atoms with Gasteiger partial charge in [0.05, 0.1) is 12.7 Å². The molecule has 8 heteroatoms. The molecule has 1 heterocycles. The Hall–Kier alpha value is -1.79. The van der Waals surface area contributed by atoms with Crippen molar-refractivity contribution in [3.8, 4) is 0 Å². The Morgan fingerprint density at radius 2 is 1.73 bits per heavy atom. The number of halogens is 5. The first-order chi connectivity index (χ1) is 9.51. The largest absolute Gasteiger partial charge is 0.465 e. The lowest BCUT2D eigenvalue weighted by atomic mass is 10.1. The molecule has 0 N–H and O–H groups in total. The molecular weight excluding hydrogens is 342 g/mol. The molecule has 3 nitrogen and oxygen atoms in total. The third-order valence-electron chi connectivity index (χ3n) is 2.67. The van der Waals surface area contributed by atoms with Crippen LogP contribution in [-0.4, -0.2) is 18.1 Å². The van der Waals surface area contributed by atoms with Crippen molar-refractivity contribution in [3.63, 3.8) is 0 Å². The molecule has 0 atom stereocenters. The summed E-state index contributed by atoms with van der Waals surface area (Å²) < 4.78 is 43.6. The fourth-order valence-electron chi connectivity index (χ4n) is 1.74. The molecule has 0 amide bonds. The van der Waals surface area contributed by atoms with E-state index in [1.807, 2.05) is 0 Å². The summed E-state index contributed by atoms with van der Waals surface area (Å²) in [4.78, 5) is 15.3. The minimum Gasteiger partial charge on any atom is -0.465 e. The fraction of sp³-hybridized carbons (Fsp3) is 0.143. The fourth-order valence-corrected chi connectivity index (χ4v) is 1.74. The van der Waals surface area contributed by atoms with Crippen LogP contribution in [0.4, 0.5) is 13.2 Å². The molecule has 0 saturated carbocycles. The smallest absolute Gasteiger partial charge is 0.337 e. The lowest BCUT2D eigenvalue weighted by Crippen LogP contribution is -2.04. The van der Waals surface area contributed by atoms with Gasteiger partial charge in [0, 0.05) is 18.3 Å². The Balaban J connectivity index is 0.00000220. The Kier molecular flexibility index (Phi) is 7.90. The monoisotopic (exact) mass is 353 g/mol. The highest BCUT2D eigenvalue weighted by molar-refractivity contribution is 5.89. The highest BCUT2D eigenvalue weighted by Crippen LogP contribution is 2.16. The third kappa shape index (κ3) is 4.61. The van der Waals surface area contributed by atoms with E-state index in [0.29, 0.717) is 5.69 Å². The zero-order valence-corrected chi connectivity index (χ0v) is 12.9. The summed E-state index contributed by atoms with van der Waals surface area (Å²) in [5.41, 5.74) is 0.912.